The highest BCUT2D eigenvalue weighted by Crippen LogP contribution is 1.86. The SMILES string of the molecule is CCCCN=C(NN)NCCC(=O)NCC. The molecule has 0 atom stereocenters. The fourth-order valence-corrected chi connectivity index (χ4v) is 1.08. The second-order valence-corrected chi connectivity index (χ2v) is 3.36. The number of aliphatic imine (C=N–C) groups is 1. The Labute approximate surface area is 97.0 Å². The molecule has 0 aliphatic carbocycles. The molecule has 0 fully saturated rings. The Bertz CT molecular complexity index is 217. The zero-order valence-electron chi connectivity index (χ0n) is 10.2. The zero-order chi connectivity index (χ0) is 12.2. The van der Waals surface area contributed by atoms with Crippen molar-refractivity contribution in [3.63, 3.8) is 0 Å². The van der Waals surface area contributed by atoms with Gasteiger partial charge in [-0.15, -0.1) is 0 Å². The van der Waals surface area contributed by atoms with Crippen molar-refractivity contribution in [2.45, 2.75) is 33.1 Å². The third kappa shape index (κ3) is 8.05. The lowest BCUT2D eigenvalue weighted by molar-refractivity contribution is -0.120. The minimum atomic E-state index is 0.0277. The summed E-state index contributed by atoms with van der Waals surface area (Å²) in [5.41, 5.74) is 2.47. The van der Waals surface area contributed by atoms with E-state index in [0.717, 1.165) is 19.4 Å². The zero-order valence-corrected chi connectivity index (χ0v) is 10.2. The smallest absolute Gasteiger partial charge is 0.221 e. The maximum Gasteiger partial charge on any atom is 0.221 e. The molecule has 94 valence electrons. The van der Waals surface area contributed by atoms with Gasteiger partial charge in [-0.3, -0.25) is 15.2 Å². The highest BCUT2D eigenvalue weighted by atomic mass is 16.1. The molecule has 0 heterocycles. The van der Waals surface area contributed by atoms with Gasteiger partial charge in [0.05, 0.1) is 0 Å². The standard InChI is InChI=1S/C10H23N5O/c1-3-5-7-13-10(15-11)14-8-6-9(16)12-4-2/h3-8,11H2,1-2H3,(H,12,16)(H2,13,14,15). The van der Waals surface area contributed by atoms with Gasteiger partial charge in [-0.05, 0) is 13.3 Å². The number of nitrogens with one attached hydrogen (secondary N) is 3. The highest BCUT2D eigenvalue weighted by molar-refractivity contribution is 5.80. The first-order chi connectivity index (χ1) is 7.74. The summed E-state index contributed by atoms with van der Waals surface area (Å²) in [4.78, 5) is 15.3. The first-order valence-electron chi connectivity index (χ1n) is 5.76. The number of nitrogens with two attached hydrogens (primary N) is 1. The first-order valence-corrected chi connectivity index (χ1v) is 5.76. The van der Waals surface area contributed by atoms with Gasteiger partial charge in [-0.2, -0.15) is 0 Å². The molecule has 0 saturated carbocycles. The highest BCUT2D eigenvalue weighted by Gasteiger charge is 2.00. The van der Waals surface area contributed by atoms with Crippen LogP contribution in [0.5, 0.6) is 0 Å². The van der Waals surface area contributed by atoms with Gasteiger partial charge >= 0.3 is 0 Å². The van der Waals surface area contributed by atoms with Crippen LogP contribution in [-0.2, 0) is 4.79 Å². The lowest BCUT2D eigenvalue weighted by Gasteiger charge is -2.08. The topological polar surface area (TPSA) is 91.5 Å². The molecule has 0 bridgehead atoms. The van der Waals surface area contributed by atoms with Crippen LogP contribution in [0, 0.1) is 0 Å². The normalized spacial score (nSPS) is 11.1. The first kappa shape index (κ1) is 14.7. The van der Waals surface area contributed by atoms with Crippen molar-refractivity contribution < 1.29 is 4.79 Å². The van der Waals surface area contributed by atoms with Crippen LogP contribution in [-0.4, -0.2) is 31.5 Å². The second kappa shape index (κ2) is 10.2. The number of unbranched alkanes of at least 4 members (excludes halogenated alkanes) is 1. The van der Waals surface area contributed by atoms with Gasteiger partial charge < -0.3 is 10.6 Å². The summed E-state index contributed by atoms with van der Waals surface area (Å²) in [5.74, 6) is 5.85. The summed E-state index contributed by atoms with van der Waals surface area (Å²) >= 11 is 0. The predicted molar refractivity (Wildman–Crippen MR) is 65.8 cm³/mol. The Kier molecular flexibility index (Phi) is 9.39. The summed E-state index contributed by atoms with van der Waals surface area (Å²) in [6.07, 6.45) is 2.55. The Hall–Kier alpha value is -1.30. The Morgan fingerprint density at radius 2 is 2.06 bits per heavy atom. The van der Waals surface area contributed by atoms with Gasteiger partial charge in [-0.1, -0.05) is 13.3 Å². The molecular weight excluding hydrogens is 206 g/mol. The van der Waals surface area contributed by atoms with Gasteiger partial charge in [0.2, 0.25) is 11.9 Å². The molecule has 1 amide bonds. The van der Waals surface area contributed by atoms with Crippen LogP contribution in [0.2, 0.25) is 0 Å². The summed E-state index contributed by atoms with van der Waals surface area (Å²) in [6.45, 7) is 5.93. The third-order valence-corrected chi connectivity index (χ3v) is 1.94. The van der Waals surface area contributed by atoms with Crippen LogP contribution in [0.1, 0.15) is 33.1 Å². The molecule has 0 aromatic rings. The van der Waals surface area contributed by atoms with E-state index in [1.165, 1.54) is 0 Å². The number of nitrogens with zero attached hydrogens (tertiary/aromatic N) is 1. The minimum Gasteiger partial charge on any atom is -0.356 e. The van der Waals surface area contributed by atoms with E-state index < -0.39 is 0 Å². The van der Waals surface area contributed by atoms with Crippen molar-refractivity contribution in [1.29, 1.82) is 0 Å². The van der Waals surface area contributed by atoms with Crippen molar-refractivity contribution in [3.8, 4) is 0 Å². The molecule has 0 saturated heterocycles. The van der Waals surface area contributed by atoms with Crippen molar-refractivity contribution in [1.82, 2.24) is 16.1 Å². The molecule has 6 heteroatoms. The van der Waals surface area contributed by atoms with Crippen molar-refractivity contribution in [2.24, 2.45) is 10.8 Å². The number of hydrogen-bond donors (Lipinski definition) is 4. The second-order valence-electron chi connectivity index (χ2n) is 3.36. The average molecular weight is 229 g/mol. The van der Waals surface area contributed by atoms with Gasteiger partial charge in [-0.25, -0.2) is 5.84 Å². The molecule has 0 rings (SSSR count). The number of amides is 1. The molecule has 0 aromatic heterocycles. The van der Waals surface area contributed by atoms with Crippen LogP contribution in [0.15, 0.2) is 4.99 Å². The van der Waals surface area contributed by atoms with Gasteiger partial charge in [0, 0.05) is 26.1 Å². The van der Waals surface area contributed by atoms with Gasteiger partial charge in [0.25, 0.3) is 0 Å². The molecule has 0 unspecified atom stereocenters. The van der Waals surface area contributed by atoms with Crippen LogP contribution in [0.4, 0.5) is 0 Å². The molecule has 16 heavy (non-hydrogen) atoms. The molecule has 5 N–H and O–H groups in total. The molecule has 0 spiro atoms. The maximum atomic E-state index is 11.1. The molecule has 0 radical (unpaired) electrons. The van der Waals surface area contributed by atoms with Crippen molar-refractivity contribution >= 4 is 11.9 Å². The van der Waals surface area contributed by atoms with Crippen LogP contribution in [0.25, 0.3) is 0 Å². The molecular formula is C10H23N5O. The van der Waals surface area contributed by atoms with E-state index in [4.69, 9.17) is 5.84 Å². The van der Waals surface area contributed by atoms with E-state index in [-0.39, 0.29) is 5.91 Å². The summed E-state index contributed by atoms with van der Waals surface area (Å²) in [7, 11) is 0. The van der Waals surface area contributed by atoms with Crippen molar-refractivity contribution in [3.05, 3.63) is 0 Å². The largest absolute Gasteiger partial charge is 0.356 e. The molecule has 0 aromatic carbocycles. The lowest BCUT2D eigenvalue weighted by atomic mass is 10.3. The monoisotopic (exact) mass is 229 g/mol. The van der Waals surface area contributed by atoms with E-state index in [0.29, 0.717) is 25.5 Å². The summed E-state index contributed by atoms with van der Waals surface area (Å²) < 4.78 is 0. The van der Waals surface area contributed by atoms with E-state index in [9.17, 15) is 4.79 Å². The Morgan fingerprint density at radius 3 is 2.62 bits per heavy atom. The average Bonchev–Trinajstić information content (AvgIpc) is 2.27. The van der Waals surface area contributed by atoms with E-state index in [2.05, 4.69) is 28.0 Å². The van der Waals surface area contributed by atoms with E-state index in [1.807, 2.05) is 6.92 Å². The quantitative estimate of drug-likeness (QED) is 0.159. The third-order valence-electron chi connectivity index (χ3n) is 1.94. The Balaban J connectivity index is 3.69. The molecule has 6 nitrogen and oxygen atoms in total. The number of carbonyl (C=O) groups excluding carboxylic acids is 1. The maximum absolute atomic E-state index is 11.1. The number of guanidine groups is 1. The van der Waals surface area contributed by atoms with Gasteiger partial charge in [0.1, 0.15) is 0 Å². The fraction of sp³-hybridized carbons (Fsp3) is 0.800. The van der Waals surface area contributed by atoms with Crippen LogP contribution < -0.4 is 21.9 Å². The van der Waals surface area contributed by atoms with Crippen LogP contribution in [0.3, 0.4) is 0 Å². The minimum absolute atomic E-state index is 0.0277. The van der Waals surface area contributed by atoms with Crippen molar-refractivity contribution in [2.75, 3.05) is 19.6 Å². The fourth-order valence-electron chi connectivity index (χ4n) is 1.08. The van der Waals surface area contributed by atoms with E-state index >= 15 is 0 Å². The van der Waals surface area contributed by atoms with E-state index in [1.54, 1.807) is 0 Å². The number of hydrazine groups is 1. The number of rotatable bonds is 7. The predicted octanol–water partition coefficient (Wildman–Crippen LogP) is -0.278. The molecule has 0 aliphatic rings. The summed E-state index contributed by atoms with van der Waals surface area (Å²) in [5, 5.41) is 5.69. The lowest BCUT2D eigenvalue weighted by Crippen LogP contribution is -2.43. The number of hydrogen-bond acceptors (Lipinski definition) is 3. The molecule has 0 aliphatic heterocycles. The Morgan fingerprint density at radius 1 is 1.31 bits per heavy atom. The van der Waals surface area contributed by atoms with Crippen LogP contribution >= 0.6 is 0 Å². The summed E-state index contributed by atoms with van der Waals surface area (Å²) in [6, 6.07) is 0. The number of carbonyl (C=O) groups is 1. The van der Waals surface area contributed by atoms with Gasteiger partial charge in [0.15, 0.2) is 0 Å².